The highest BCUT2D eigenvalue weighted by Crippen LogP contribution is 2.29. The minimum Gasteiger partial charge on any atom is -0.398 e. The van der Waals surface area contributed by atoms with Gasteiger partial charge in [-0.05, 0) is 29.9 Å². The highest BCUT2D eigenvalue weighted by Gasteiger charge is 2.23. The fourth-order valence-corrected chi connectivity index (χ4v) is 4.09. The third kappa shape index (κ3) is 4.21. The normalized spacial score (nSPS) is 23.6. The molecular formula is C15H24N2O2S. The first-order chi connectivity index (χ1) is 9.48. The van der Waals surface area contributed by atoms with Crippen molar-refractivity contribution in [1.82, 2.24) is 4.72 Å². The number of anilines is 1. The molecule has 1 aliphatic carbocycles. The number of hydrogen-bond acceptors (Lipinski definition) is 3. The Balaban J connectivity index is 1.92. The van der Waals surface area contributed by atoms with E-state index in [1.54, 1.807) is 12.1 Å². The number of sulfonamides is 1. The Kier molecular flexibility index (Phi) is 5.05. The molecule has 1 aliphatic rings. The summed E-state index contributed by atoms with van der Waals surface area (Å²) in [6, 6.07) is 7.11. The van der Waals surface area contributed by atoms with Crippen LogP contribution < -0.4 is 10.5 Å². The molecule has 0 aliphatic heterocycles. The Morgan fingerprint density at radius 3 is 2.65 bits per heavy atom. The minimum absolute atomic E-state index is 0.0409. The third-order valence-corrected chi connectivity index (χ3v) is 5.55. The zero-order valence-electron chi connectivity index (χ0n) is 12.0. The quantitative estimate of drug-likeness (QED) is 0.820. The van der Waals surface area contributed by atoms with Crippen LogP contribution in [0.15, 0.2) is 24.3 Å². The van der Waals surface area contributed by atoms with E-state index in [2.05, 4.69) is 11.6 Å². The second kappa shape index (κ2) is 6.59. The smallest absolute Gasteiger partial charge is 0.215 e. The van der Waals surface area contributed by atoms with E-state index in [-0.39, 0.29) is 5.75 Å². The summed E-state index contributed by atoms with van der Waals surface area (Å²) in [6.45, 7) is 2.77. The van der Waals surface area contributed by atoms with Crippen molar-refractivity contribution < 1.29 is 8.42 Å². The number of benzene rings is 1. The van der Waals surface area contributed by atoms with Gasteiger partial charge in [0.2, 0.25) is 10.0 Å². The lowest BCUT2D eigenvalue weighted by Crippen LogP contribution is -2.34. The summed E-state index contributed by atoms with van der Waals surface area (Å²) < 4.78 is 27.0. The van der Waals surface area contributed by atoms with Crippen LogP contribution in [0.25, 0.3) is 0 Å². The molecule has 2 unspecified atom stereocenters. The van der Waals surface area contributed by atoms with Gasteiger partial charge in [0, 0.05) is 12.2 Å². The predicted octanol–water partition coefficient (Wildman–Crippen LogP) is 2.51. The number of hydrogen-bond donors (Lipinski definition) is 2. The van der Waals surface area contributed by atoms with Crippen molar-refractivity contribution >= 4 is 15.7 Å². The van der Waals surface area contributed by atoms with Gasteiger partial charge in [-0.1, -0.05) is 44.4 Å². The first-order valence-corrected chi connectivity index (χ1v) is 8.94. The fraction of sp³-hybridized carbons (Fsp3) is 0.600. The molecule has 1 aromatic rings. The Labute approximate surface area is 121 Å². The first-order valence-electron chi connectivity index (χ1n) is 7.28. The zero-order valence-corrected chi connectivity index (χ0v) is 12.8. The van der Waals surface area contributed by atoms with Crippen molar-refractivity contribution in [3.05, 3.63) is 29.8 Å². The lowest BCUT2D eigenvalue weighted by molar-refractivity contribution is 0.257. The molecule has 0 saturated heterocycles. The van der Waals surface area contributed by atoms with Crippen LogP contribution in [0.1, 0.15) is 38.2 Å². The van der Waals surface area contributed by atoms with Crippen LogP contribution in [0.2, 0.25) is 0 Å². The van der Waals surface area contributed by atoms with Crippen LogP contribution in [0.3, 0.4) is 0 Å². The maximum Gasteiger partial charge on any atom is 0.215 e. The van der Waals surface area contributed by atoms with Gasteiger partial charge in [0.25, 0.3) is 0 Å². The molecule has 0 aromatic heterocycles. The van der Waals surface area contributed by atoms with Gasteiger partial charge in [-0.15, -0.1) is 0 Å². The minimum atomic E-state index is -3.31. The van der Waals surface area contributed by atoms with Crippen LogP contribution in [-0.4, -0.2) is 15.0 Å². The summed E-state index contributed by atoms with van der Waals surface area (Å²) in [5.74, 6) is 1.03. The van der Waals surface area contributed by atoms with E-state index in [9.17, 15) is 8.42 Å². The number of nitrogens with one attached hydrogen (secondary N) is 1. The Bertz CT molecular complexity index is 543. The van der Waals surface area contributed by atoms with Crippen LogP contribution in [0.4, 0.5) is 5.69 Å². The number of para-hydroxylation sites is 1. The average Bonchev–Trinajstić information content (AvgIpc) is 2.40. The zero-order chi connectivity index (χ0) is 14.6. The van der Waals surface area contributed by atoms with Gasteiger partial charge < -0.3 is 5.73 Å². The summed E-state index contributed by atoms with van der Waals surface area (Å²) in [6.07, 6.45) is 4.81. The lowest BCUT2D eigenvalue weighted by atomic mass is 9.81. The van der Waals surface area contributed by atoms with Crippen LogP contribution in [0.5, 0.6) is 0 Å². The molecule has 20 heavy (non-hydrogen) atoms. The highest BCUT2D eigenvalue weighted by atomic mass is 32.2. The van der Waals surface area contributed by atoms with Crippen molar-refractivity contribution in [2.75, 3.05) is 12.3 Å². The van der Waals surface area contributed by atoms with E-state index in [4.69, 9.17) is 5.73 Å². The molecule has 5 heteroatoms. The molecule has 0 radical (unpaired) electrons. The van der Waals surface area contributed by atoms with Gasteiger partial charge in [-0.2, -0.15) is 0 Å². The largest absolute Gasteiger partial charge is 0.398 e. The van der Waals surface area contributed by atoms with Crippen molar-refractivity contribution in [2.45, 2.75) is 38.4 Å². The van der Waals surface area contributed by atoms with E-state index < -0.39 is 10.0 Å². The van der Waals surface area contributed by atoms with Crippen molar-refractivity contribution in [3.63, 3.8) is 0 Å². The SMILES string of the molecule is CC1CCCCC1CNS(=O)(=O)Cc1ccccc1N. The summed E-state index contributed by atoms with van der Waals surface area (Å²) >= 11 is 0. The lowest BCUT2D eigenvalue weighted by Gasteiger charge is -2.28. The Morgan fingerprint density at radius 1 is 1.25 bits per heavy atom. The van der Waals surface area contributed by atoms with E-state index >= 15 is 0 Å². The van der Waals surface area contributed by atoms with E-state index in [0.717, 1.165) is 6.42 Å². The molecule has 0 amide bonds. The summed E-state index contributed by atoms with van der Waals surface area (Å²) in [7, 11) is -3.31. The van der Waals surface area contributed by atoms with Gasteiger partial charge in [-0.3, -0.25) is 0 Å². The average molecular weight is 296 g/mol. The topological polar surface area (TPSA) is 72.2 Å². The summed E-state index contributed by atoms with van der Waals surface area (Å²) in [5.41, 5.74) is 6.99. The van der Waals surface area contributed by atoms with Gasteiger partial charge in [0.05, 0.1) is 5.75 Å². The monoisotopic (exact) mass is 296 g/mol. The number of nitrogens with two attached hydrogens (primary N) is 1. The summed E-state index contributed by atoms with van der Waals surface area (Å²) in [4.78, 5) is 0. The van der Waals surface area contributed by atoms with Crippen molar-refractivity contribution in [2.24, 2.45) is 11.8 Å². The molecule has 1 saturated carbocycles. The second-order valence-corrected chi connectivity index (χ2v) is 7.64. The number of rotatable bonds is 5. The van der Waals surface area contributed by atoms with E-state index in [1.165, 1.54) is 19.3 Å². The molecule has 0 heterocycles. The van der Waals surface area contributed by atoms with Crippen molar-refractivity contribution in [3.8, 4) is 0 Å². The summed E-state index contributed by atoms with van der Waals surface area (Å²) in [5, 5.41) is 0. The van der Waals surface area contributed by atoms with Gasteiger partial charge >= 0.3 is 0 Å². The molecule has 1 fully saturated rings. The maximum absolute atomic E-state index is 12.1. The van der Waals surface area contributed by atoms with Gasteiger partial charge in [-0.25, -0.2) is 13.1 Å². The van der Waals surface area contributed by atoms with Crippen LogP contribution in [0, 0.1) is 11.8 Å². The molecular weight excluding hydrogens is 272 g/mol. The highest BCUT2D eigenvalue weighted by molar-refractivity contribution is 7.88. The molecule has 0 spiro atoms. The Hall–Kier alpha value is -1.07. The third-order valence-electron chi connectivity index (χ3n) is 4.26. The number of nitrogen functional groups attached to an aromatic ring is 1. The standard InChI is InChI=1S/C15H24N2O2S/c1-12-6-2-3-7-13(12)10-17-20(18,19)11-14-8-4-5-9-15(14)16/h4-5,8-9,12-13,17H,2-3,6-7,10-11,16H2,1H3. The Morgan fingerprint density at radius 2 is 1.95 bits per heavy atom. The van der Waals surface area contributed by atoms with Crippen LogP contribution >= 0.6 is 0 Å². The first kappa shape index (κ1) is 15.3. The van der Waals surface area contributed by atoms with E-state index in [1.807, 2.05) is 12.1 Å². The molecule has 2 atom stereocenters. The van der Waals surface area contributed by atoms with Gasteiger partial charge in [0.1, 0.15) is 0 Å². The second-order valence-electron chi connectivity index (χ2n) is 5.83. The predicted molar refractivity (Wildman–Crippen MR) is 82.6 cm³/mol. The molecule has 2 rings (SSSR count). The molecule has 4 nitrogen and oxygen atoms in total. The maximum atomic E-state index is 12.1. The van der Waals surface area contributed by atoms with Crippen molar-refractivity contribution in [1.29, 1.82) is 0 Å². The van der Waals surface area contributed by atoms with Crippen LogP contribution in [-0.2, 0) is 15.8 Å². The molecule has 1 aromatic carbocycles. The molecule has 112 valence electrons. The van der Waals surface area contributed by atoms with E-state index in [0.29, 0.717) is 29.6 Å². The fourth-order valence-electron chi connectivity index (χ4n) is 2.85. The molecule has 3 N–H and O–H groups in total. The van der Waals surface area contributed by atoms with Gasteiger partial charge in [0.15, 0.2) is 0 Å². The molecule has 0 bridgehead atoms.